The van der Waals surface area contributed by atoms with Gasteiger partial charge in [-0.2, -0.15) is 0 Å². The molecule has 5 N–H and O–H groups in total. The van der Waals surface area contributed by atoms with Gasteiger partial charge in [-0.3, -0.25) is 10.2 Å². The Balaban J connectivity index is 0.000000202. The fraction of sp³-hybridized carbons (Fsp3) is 0.364. The molecule has 94 valence electrons. The lowest BCUT2D eigenvalue weighted by molar-refractivity contribution is -0.0334. The second kappa shape index (κ2) is 7.61. The monoisotopic (exact) mass is 239 g/mol. The third kappa shape index (κ3) is 5.30. The summed E-state index contributed by atoms with van der Waals surface area (Å²) in [6.45, 7) is 3.11. The van der Waals surface area contributed by atoms with Crippen LogP contribution in [0.25, 0.3) is 0 Å². The smallest absolute Gasteiger partial charge is 0.265 e. The van der Waals surface area contributed by atoms with Crippen molar-refractivity contribution in [1.29, 1.82) is 0 Å². The van der Waals surface area contributed by atoms with Crippen LogP contribution in [-0.2, 0) is 9.47 Å². The molecule has 1 aliphatic rings. The van der Waals surface area contributed by atoms with Gasteiger partial charge in [0.05, 0.1) is 26.4 Å². The zero-order valence-electron chi connectivity index (χ0n) is 9.52. The molecule has 1 aromatic rings. The summed E-state index contributed by atoms with van der Waals surface area (Å²) in [5.74, 6) is 4.60. The predicted octanol–water partition coefficient (Wildman–Crippen LogP) is -0.0945. The Morgan fingerprint density at radius 1 is 1.06 bits per heavy atom. The molecular weight excluding hydrogens is 222 g/mol. The van der Waals surface area contributed by atoms with Crippen LogP contribution in [0.4, 0.5) is 5.69 Å². The topological polar surface area (TPSA) is 99.6 Å². The van der Waals surface area contributed by atoms with E-state index in [0.717, 1.165) is 26.4 Å². The van der Waals surface area contributed by atoms with E-state index in [2.05, 4.69) is 0 Å². The zero-order valence-corrected chi connectivity index (χ0v) is 9.52. The van der Waals surface area contributed by atoms with E-state index in [-0.39, 0.29) is 5.91 Å². The molecule has 17 heavy (non-hydrogen) atoms. The maximum atomic E-state index is 10.8. The van der Waals surface area contributed by atoms with Gasteiger partial charge in [-0.05, 0) is 24.3 Å². The Hall–Kier alpha value is -1.63. The number of benzene rings is 1. The number of nitrogens with two attached hydrogens (primary N) is 2. The van der Waals surface area contributed by atoms with Crippen molar-refractivity contribution < 1.29 is 14.3 Å². The van der Waals surface area contributed by atoms with E-state index < -0.39 is 0 Å². The summed E-state index contributed by atoms with van der Waals surface area (Å²) in [7, 11) is 0. The minimum absolute atomic E-state index is 0.315. The standard InChI is InChI=1S/C7H9N3O.C4H8O2/c8-6-3-1-5(2-4-6)7(11)10-9;1-2-6-4-3-5-1/h1-4H,8-9H2,(H,10,11);1-4H2. The number of ether oxygens (including phenoxy) is 2. The highest BCUT2D eigenvalue weighted by molar-refractivity contribution is 5.93. The van der Waals surface area contributed by atoms with Crippen LogP contribution in [-0.4, -0.2) is 32.3 Å². The molecule has 6 heteroatoms. The van der Waals surface area contributed by atoms with Crippen LogP contribution >= 0.6 is 0 Å². The molecule has 0 saturated carbocycles. The van der Waals surface area contributed by atoms with Crippen molar-refractivity contribution in [3.8, 4) is 0 Å². The molecule has 0 radical (unpaired) electrons. The fourth-order valence-corrected chi connectivity index (χ4v) is 1.16. The van der Waals surface area contributed by atoms with Crippen LogP contribution in [0.3, 0.4) is 0 Å². The summed E-state index contributed by atoms with van der Waals surface area (Å²) in [5.41, 5.74) is 8.55. The molecule has 0 bridgehead atoms. The van der Waals surface area contributed by atoms with E-state index in [4.69, 9.17) is 21.1 Å². The molecule has 1 fully saturated rings. The van der Waals surface area contributed by atoms with Crippen LogP contribution in [0, 0.1) is 0 Å². The average Bonchev–Trinajstić information content (AvgIpc) is 2.41. The van der Waals surface area contributed by atoms with Crippen molar-refractivity contribution in [3.05, 3.63) is 29.8 Å². The number of hydrogen-bond acceptors (Lipinski definition) is 5. The molecule has 1 heterocycles. The first-order chi connectivity index (χ1) is 8.24. The van der Waals surface area contributed by atoms with E-state index in [1.807, 2.05) is 5.43 Å². The lowest BCUT2D eigenvalue weighted by atomic mass is 10.2. The van der Waals surface area contributed by atoms with Crippen LogP contribution in [0.5, 0.6) is 0 Å². The predicted molar refractivity (Wildman–Crippen MR) is 64.1 cm³/mol. The number of hydrogen-bond donors (Lipinski definition) is 3. The number of hydrazine groups is 1. The molecule has 6 nitrogen and oxygen atoms in total. The van der Waals surface area contributed by atoms with Gasteiger partial charge in [0.1, 0.15) is 0 Å². The molecule has 0 aromatic heterocycles. The third-order valence-electron chi connectivity index (χ3n) is 2.05. The fourth-order valence-electron chi connectivity index (χ4n) is 1.16. The molecule has 0 unspecified atom stereocenters. The highest BCUT2D eigenvalue weighted by Crippen LogP contribution is 2.04. The van der Waals surface area contributed by atoms with Crippen molar-refractivity contribution >= 4 is 11.6 Å². The number of carbonyl (C=O) groups excluding carboxylic acids is 1. The van der Waals surface area contributed by atoms with Gasteiger partial charge in [0.2, 0.25) is 0 Å². The maximum absolute atomic E-state index is 10.8. The zero-order chi connectivity index (χ0) is 12.5. The Labute approximate surface area is 99.8 Å². The average molecular weight is 239 g/mol. The first-order valence-corrected chi connectivity index (χ1v) is 5.26. The summed E-state index contributed by atoms with van der Waals surface area (Å²) >= 11 is 0. The van der Waals surface area contributed by atoms with E-state index in [0.29, 0.717) is 11.3 Å². The second-order valence-corrected chi connectivity index (χ2v) is 3.32. The second-order valence-electron chi connectivity index (χ2n) is 3.32. The molecule has 1 amide bonds. The number of rotatable bonds is 1. The minimum atomic E-state index is -0.315. The van der Waals surface area contributed by atoms with Crippen LogP contribution in [0.15, 0.2) is 24.3 Å². The van der Waals surface area contributed by atoms with Crippen molar-refractivity contribution in [3.63, 3.8) is 0 Å². The number of nitrogens with one attached hydrogen (secondary N) is 1. The molecular formula is C11H17N3O3. The highest BCUT2D eigenvalue weighted by Gasteiger charge is 2.00. The molecule has 1 aromatic carbocycles. The normalized spacial score (nSPS) is 14.4. The van der Waals surface area contributed by atoms with Gasteiger partial charge in [0.25, 0.3) is 5.91 Å². The van der Waals surface area contributed by atoms with Crippen molar-refractivity contribution in [2.45, 2.75) is 0 Å². The van der Waals surface area contributed by atoms with Gasteiger partial charge in [-0.1, -0.05) is 0 Å². The summed E-state index contributed by atoms with van der Waals surface area (Å²) in [6, 6.07) is 6.50. The SMILES string of the molecule is C1COCCO1.NNC(=O)c1ccc(N)cc1. The minimum Gasteiger partial charge on any atom is -0.399 e. The largest absolute Gasteiger partial charge is 0.399 e. The number of carbonyl (C=O) groups is 1. The summed E-state index contributed by atoms with van der Waals surface area (Å²) in [4.78, 5) is 10.8. The van der Waals surface area contributed by atoms with Crippen molar-refractivity contribution in [2.75, 3.05) is 32.2 Å². The lowest BCUT2D eigenvalue weighted by Gasteiger charge is -2.09. The van der Waals surface area contributed by atoms with Gasteiger partial charge in [-0.25, -0.2) is 5.84 Å². The molecule has 2 rings (SSSR count). The summed E-state index contributed by atoms with van der Waals surface area (Å²) < 4.78 is 9.89. The van der Waals surface area contributed by atoms with E-state index in [1.54, 1.807) is 24.3 Å². The van der Waals surface area contributed by atoms with E-state index >= 15 is 0 Å². The quantitative estimate of drug-likeness (QED) is 0.275. The Morgan fingerprint density at radius 2 is 1.53 bits per heavy atom. The molecule has 0 aliphatic carbocycles. The van der Waals surface area contributed by atoms with Crippen LogP contribution in [0.1, 0.15) is 10.4 Å². The molecule has 1 saturated heterocycles. The number of amides is 1. The van der Waals surface area contributed by atoms with Crippen LogP contribution < -0.4 is 17.0 Å². The molecule has 0 atom stereocenters. The number of nitrogen functional groups attached to an aromatic ring is 2. The third-order valence-corrected chi connectivity index (χ3v) is 2.05. The van der Waals surface area contributed by atoms with Crippen molar-refractivity contribution in [1.82, 2.24) is 5.43 Å². The van der Waals surface area contributed by atoms with Crippen molar-refractivity contribution in [2.24, 2.45) is 5.84 Å². The Kier molecular flexibility index (Phi) is 6.02. The van der Waals surface area contributed by atoms with E-state index in [1.165, 1.54) is 0 Å². The van der Waals surface area contributed by atoms with Gasteiger partial charge < -0.3 is 15.2 Å². The van der Waals surface area contributed by atoms with Crippen LogP contribution in [0.2, 0.25) is 0 Å². The summed E-state index contributed by atoms with van der Waals surface area (Å²) in [5, 5.41) is 0. The van der Waals surface area contributed by atoms with Gasteiger partial charge in [-0.15, -0.1) is 0 Å². The first kappa shape index (κ1) is 13.4. The lowest BCUT2D eigenvalue weighted by Crippen LogP contribution is -2.29. The van der Waals surface area contributed by atoms with Gasteiger partial charge in [0.15, 0.2) is 0 Å². The van der Waals surface area contributed by atoms with E-state index in [9.17, 15) is 4.79 Å². The Morgan fingerprint density at radius 3 is 1.88 bits per heavy atom. The Bertz CT molecular complexity index is 325. The van der Waals surface area contributed by atoms with Gasteiger partial charge in [0, 0.05) is 11.3 Å². The number of anilines is 1. The highest BCUT2D eigenvalue weighted by atomic mass is 16.6. The molecule has 0 spiro atoms. The summed E-state index contributed by atoms with van der Waals surface area (Å²) in [6.07, 6.45) is 0. The first-order valence-electron chi connectivity index (χ1n) is 5.26. The maximum Gasteiger partial charge on any atom is 0.265 e. The molecule has 1 aliphatic heterocycles. The van der Waals surface area contributed by atoms with Gasteiger partial charge >= 0.3 is 0 Å².